The number of hydrogen-bond donors (Lipinski definition) is 0. The lowest BCUT2D eigenvalue weighted by Crippen LogP contribution is -2.28. The Morgan fingerprint density at radius 2 is 0.628 bits per heavy atom. The Labute approximate surface area is 497 Å². The number of pyridine rings is 1. The number of hydrogen-bond acceptors (Lipinski definition) is 2. The van der Waals surface area contributed by atoms with Crippen LogP contribution in [0, 0.1) is 0 Å². The first kappa shape index (κ1) is 48.3. The average molecular weight is 1090 g/mol. The molecule has 0 unspecified atom stereocenters. The molecule has 0 atom stereocenters. The summed E-state index contributed by atoms with van der Waals surface area (Å²) in [5.41, 5.74) is 25.2. The molecule has 0 radical (unpaired) electrons. The Kier molecular flexibility index (Phi) is 10.5. The molecule has 18 rings (SSSR count). The normalized spacial score (nSPS) is 13.5. The van der Waals surface area contributed by atoms with E-state index in [1.807, 2.05) is 0 Å². The standard InChI is InChI=1S/C82H52N4/c1-5-21-58(22-6-1)81(59-23-7-2-8-24-59)72-34-18-15-30-64(72)66-45-39-56(51-74(66)81)54-41-47-77-70(49-54)71-50-55(57-40-46-67-65-31-16-19-35-73(65)82(75(67)52-57,60-25-9-3-10-26-60)61-27-11-4-12-28-61)42-48-78(71)85(77)62-43-37-53(38-44-62)79-83-84-80-69-33-14-13-29-63(69)68-32-17-20-36-76(68)86(79)80/h1-52H. The number of aromatic nitrogens is 4. The van der Waals surface area contributed by atoms with Crippen molar-refractivity contribution in [1.82, 2.24) is 19.2 Å². The van der Waals surface area contributed by atoms with Gasteiger partial charge in [0.1, 0.15) is 0 Å². The lowest BCUT2D eigenvalue weighted by molar-refractivity contribution is 0.769. The minimum atomic E-state index is -0.513. The Morgan fingerprint density at radius 3 is 1.13 bits per heavy atom. The second-order valence-corrected chi connectivity index (χ2v) is 23.2. The van der Waals surface area contributed by atoms with Crippen LogP contribution in [-0.4, -0.2) is 19.2 Å². The number of nitrogens with zero attached hydrogens (tertiary/aromatic N) is 4. The molecule has 4 heteroatoms. The molecule has 0 fully saturated rings. The highest BCUT2D eigenvalue weighted by molar-refractivity contribution is 6.13. The molecule has 3 aromatic heterocycles. The molecular formula is C82H52N4. The van der Waals surface area contributed by atoms with E-state index in [0.29, 0.717) is 0 Å². The summed E-state index contributed by atoms with van der Waals surface area (Å²) in [6.07, 6.45) is 0. The molecule has 0 N–H and O–H groups in total. The highest BCUT2D eigenvalue weighted by Gasteiger charge is 2.47. The van der Waals surface area contributed by atoms with Gasteiger partial charge in [0.25, 0.3) is 0 Å². The first-order valence-electron chi connectivity index (χ1n) is 29.7. The summed E-state index contributed by atoms with van der Waals surface area (Å²) < 4.78 is 4.66. The van der Waals surface area contributed by atoms with Crippen LogP contribution in [-0.2, 0) is 10.8 Å². The molecule has 0 amide bonds. The van der Waals surface area contributed by atoms with E-state index in [2.05, 4.69) is 324 Å². The van der Waals surface area contributed by atoms with Crippen molar-refractivity contribution < 1.29 is 0 Å². The van der Waals surface area contributed by atoms with Gasteiger partial charge in [0.15, 0.2) is 11.5 Å². The molecule has 86 heavy (non-hydrogen) atoms. The predicted octanol–water partition coefficient (Wildman–Crippen LogP) is 19.9. The van der Waals surface area contributed by atoms with Crippen LogP contribution in [0.3, 0.4) is 0 Å². The monoisotopic (exact) mass is 1090 g/mol. The summed E-state index contributed by atoms with van der Waals surface area (Å²) in [7, 11) is 0. The van der Waals surface area contributed by atoms with Gasteiger partial charge in [0.2, 0.25) is 0 Å². The first-order chi connectivity index (χ1) is 42.7. The maximum Gasteiger partial charge on any atom is 0.169 e. The smallest absolute Gasteiger partial charge is 0.169 e. The van der Waals surface area contributed by atoms with Crippen LogP contribution in [0.5, 0.6) is 0 Å². The van der Waals surface area contributed by atoms with E-state index in [9.17, 15) is 0 Å². The quantitative estimate of drug-likeness (QED) is 0.142. The third-order valence-corrected chi connectivity index (χ3v) is 19.0. The van der Waals surface area contributed by atoms with Crippen molar-refractivity contribution in [2.75, 3.05) is 0 Å². The van der Waals surface area contributed by atoms with Crippen molar-refractivity contribution >= 4 is 49.1 Å². The van der Waals surface area contributed by atoms with Gasteiger partial charge >= 0.3 is 0 Å². The number of para-hydroxylation sites is 1. The summed E-state index contributed by atoms with van der Waals surface area (Å²) in [6, 6.07) is 117. The van der Waals surface area contributed by atoms with E-state index in [4.69, 9.17) is 10.2 Å². The molecule has 0 spiro atoms. The average Bonchev–Trinajstić information content (AvgIpc) is 1.65. The highest BCUT2D eigenvalue weighted by Crippen LogP contribution is 2.59. The van der Waals surface area contributed by atoms with Crippen molar-refractivity contribution in [2.45, 2.75) is 10.8 Å². The van der Waals surface area contributed by atoms with Crippen LogP contribution in [0.1, 0.15) is 44.5 Å². The van der Waals surface area contributed by atoms with E-state index >= 15 is 0 Å². The van der Waals surface area contributed by atoms with Crippen LogP contribution >= 0.6 is 0 Å². The molecule has 400 valence electrons. The SMILES string of the molecule is c1ccc(C2(c3ccccc3)c3ccccc3-c3ccc(-c4ccc5c(c4)c4cc(-c6ccc7c(c6)C(c6ccccc6)(c6ccccc6)c6ccccc6-7)ccc4n5-c4ccc(-c5nnc6c7ccccc7c7ccccc7n56)cc4)cc32)cc1. The third-order valence-electron chi connectivity index (χ3n) is 19.0. The lowest BCUT2D eigenvalue weighted by Gasteiger charge is -2.34. The number of rotatable bonds is 8. The van der Waals surface area contributed by atoms with Crippen molar-refractivity contribution in [3.63, 3.8) is 0 Å². The zero-order chi connectivity index (χ0) is 56.5. The molecule has 0 bridgehead atoms. The zero-order valence-corrected chi connectivity index (χ0v) is 46.8. The van der Waals surface area contributed by atoms with E-state index in [1.54, 1.807) is 0 Å². The second kappa shape index (κ2) is 18.7. The van der Waals surface area contributed by atoms with Crippen LogP contribution < -0.4 is 0 Å². The van der Waals surface area contributed by atoms with E-state index in [1.165, 1.54) is 99.4 Å². The van der Waals surface area contributed by atoms with Gasteiger partial charge in [0, 0.05) is 32.8 Å². The summed E-state index contributed by atoms with van der Waals surface area (Å²) in [6.45, 7) is 0. The van der Waals surface area contributed by atoms with Gasteiger partial charge in [-0.2, -0.15) is 0 Å². The molecule has 0 saturated carbocycles. The highest BCUT2D eigenvalue weighted by atomic mass is 15.2. The molecule has 2 aliphatic carbocycles. The molecule has 0 saturated heterocycles. The summed E-state index contributed by atoms with van der Waals surface area (Å²) in [4.78, 5) is 0. The maximum atomic E-state index is 4.89. The summed E-state index contributed by atoms with van der Waals surface area (Å²) in [5, 5.41) is 15.5. The number of benzene rings is 13. The Morgan fingerprint density at radius 1 is 0.244 bits per heavy atom. The first-order valence-corrected chi connectivity index (χ1v) is 29.7. The van der Waals surface area contributed by atoms with Gasteiger partial charge < -0.3 is 4.57 Å². The van der Waals surface area contributed by atoms with Crippen LogP contribution in [0.2, 0.25) is 0 Å². The molecule has 4 nitrogen and oxygen atoms in total. The number of fused-ring (bicyclic) bond motifs is 15. The van der Waals surface area contributed by atoms with Gasteiger partial charge in [0.05, 0.1) is 27.4 Å². The van der Waals surface area contributed by atoms with Gasteiger partial charge in [-0.3, -0.25) is 4.40 Å². The summed E-state index contributed by atoms with van der Waals surface area (Å²) >= 11 is 0. The fraction of sp³-hybridized carbons (Fsp3) is 0.0244. The van der Waals surface area contributed by atoms with Gasteiger partial charge in [-0.15, -0.1) is 10.2 Å². The maximum absolute atomic E-state index is 4.89. The minimum absolute atomic E-state index is 0.513. The zero-order valence-electron chi connectivity index (χ0n) is 46.8. The van der Waals surface area contributed by atoms with Crippen molar-refractivity contribution in [2.24, 2.45) is 0 Å². The summed E-state index contributed by atoms with van der Waals surface area (Å²) in [5.74, 6) is 0.812. The second-order valence-electron chi connectivity index (χ2n) is 23.2. The van der Waals surface area contributed by atoms with Crippen molar-refractivity contribution in [3.8, 4) is 61.6 Å². The lowest BCUT2D eigenvalue weighted by atomic mass is 9.67. The van der Waals surface area contributed by atoms with Gasteiger partial charge in [-0.25, -0.2) is 0 Å². The van der Waals surface area contributed by atoms with Crippen LogP contribution in [0.25, 0.3) is 111 Å². The van der Waals surface area contributed by atoms with E-state index in [-0.39, 0.29) is 0 Å². The van der Waals surface area contributed by atoms with Crippen molar-refractivity contribution in [1.29, 1.82) is 0 Å². The fourth-order valence-corrected chi connectivity index (χ4v) is 15.4. The third kappa shape index (κ3) is 6.75. The van der Waals surface area contributed by atoms with Crippen molar-refractivity contribution in [3.05, 3.63) is 360 Å². The molecule has 3 heterocycles. The predicted molar refractivity (Wildman–Crippen MR) is 353 cm³/mol. The molecule has 2 aliphatic rings. The molecule has 0 aliphatic heterocycles. The minimum Gasteiger partial charge on any atom is -0.309 e. The Balaban J connectivity index is 0.838. The Hall–Kier alpha value is -11.2. The topological polar surface area (TPSA) is 35.1 Å². The van der Waals surface area contributed by atoms with E-state index < -0.39 is 10.8 Å². The van der Waals surface area contributed by atoms with Gasteiger partial charge in [-0.1, -0.05) is 249 Å². The largest absolute Gasteiger partial charge is 0.309 e. The van der Waals surface area contributed by atoms with Crippen LogP contribution in [0.4, 0.5) is 0 Å². The fourth-order valence-electron chi connectivity index (χ4n) is 15.4. The molecule has 13 aromatic carbocycles. The van der Waals surface area contributed by atoms with Gasteiger partial charge in [-0.05, 0) is 161 Å². The van der Waals surface area contributed by atoms with E-state index in [0.717, 1.165) is 55.8 Å². The molecular weight excluding hydrogens is 1040 g/mol. The van der Waals surface area contributed by atoms with Crippen LogP contribution in [0.15, 0.2) is 315 Å². The Bertz CT molecular complexity index is 5070. The molecule has 16 aromatic rings.